The number of carbonyl (C=O) groups is 2. The van der Waals surface area contributed by atoms with Gasteiger partial charge in [0.25, 0.3) is 0 Å². The molecule has 0 aliphatic rings. The molecule has 0 radical (unpaired) electrons. The van der Waals surface area contributed by atoms with Crippen molar-refractivity contribution in [2.24, 2.45) is 0 Å². The summed E-state index contributed by atoms with van der Waals surface area (Å²) < 4.78 is 10.1. The topological polar surface area (TPSA) is 52.6 Å². The molecule has 0 fully saturated rings. The van der Waals surface area contributed by atoms with E-state index in [0.29, 0.717) is 11.1 Å². The summed E-state index contributed by atoms with van der Waals surface area (Å²) in [6, 6.07) is 59.4. The third-order valence-corrected chi connectivity index (χ3v) is 18.2. The standard InChI is InChI=1S/C42H38O4P2/c1-45-41(43)33-23-27-39(28-24-33)47(35-15-7-3-8-16-35,36-17-9-4-10-18-36)31-32-48(37-19-11-5-12-20-37,38-21-13-6-14-22-38)40-29-25-34(26-30-40)42(44)46-2/h3-30H,31-32H2,1-2H3/q+2. The fourth-order valence-electron chi connectivity index (χ4n) is 6.64. The third-order valence-electron chi connectivity index (χ3n) is 9.02. The summed E-state index contributed by atoms with van der Waals surface area (Å²) in [7, 11) is -1.77. The Balaban J connectivity index is 1.61. The van der Waals surface area contributed by atoms with Gasteiger partial charge in [-0.15, -0.1) is 0 Å². The second-order valence-corrected chi connectivity index (χ2v) is 18.7. The molecule has 0 amide bonds. The van der Waals surface area contributed by atoms with Crippen molar-refractivity contribution in [2.75, 3.05) is 26.5 Å². The molecule has 0 N–H and O–H groups in total. The first-order valence-electron chi connectivity index (χ1n) is 15.9. The van der Waals surface area contributed by atoms with Crippen LogP contribution in [-0.4, -0.2) is 38.5 Å². The van der Waals surface area contributed by atoms with E-state index in [1.54, 1.807) is 0 Å². The van der Waals surface area contributed by atoms with Crippen LogP contribution in [0.1, 0.15) is 20.7 Å². The Kier molecular flexibility index (Phi) is 10.3. The van der Waals surface area contributed by atoms with Crippen LogP contribution in [0.25, 0.3) is 0 Å². The van der Waals surface area contributed by atoms with Gasteiger partial charge in [0.15, 0.2) is 0 Å². The highest BCUT2D eigenvalue weighted by Crippen LogP contribution is 2.62. The molecular weight excluding hydrogens is 630 g/mol. The van der Waals surface area contributed by atoms with Gasteiger partial charge in [-0.1, -0.05) is 72.8 Å². The van der Waals surface area contributed by atoms with Crippen molar-refractivity contribution in [1.29, 1.82) is 0 Å². The Hall–Kier alpha value is -4.88. The van der Waals surface area contributed by atoms with E-state index in [-0.39, 0.29) is 11.9 Å². The lowest BCUT2D eigenvalue weighted by Gasteiger charge is -2.32. The first kappa shape index (κ1) is 33.0. The molecule has 0 bridgehead atoms. The van der Waals surface area contributed by atoms with Crippen molar-refractivity contribution in [3.63, 3.8) is 0 Å². The highest BCUT2D eigenvalue weighted by Gasteiger charge is 2.52. The van der Waals surface area contributed by atoms with Crippen molar-refractivity contribution >= 4 is 58.3 Å². The average molecular weight is 669 g/mol. The minimum absolute atomic E-state index is 0.349. The Bertz CT molecular complexity index is 1720. The van der Waals surface area contributed by atoms with E-state index < -0.39 is 14.5 Å². The Morgan fingerprint density at radius 1 is 0.375 bits per heavy atom. The molecule has 6 rings (SSSR count). The third kappa shape index (κ3) is 6.35. The number of esters is 2. The number of carbonyl (C=O) groups excluding carboxylic acids is 2. The SMILES string of the molecule is COC(=O)c1ccc([P+](CC[P+](c2ccccc2)(c2ccccc2)c2ccc(C(=O)OC)cc2)(c2ccccc2)c2ccccc2)cc1. The Morgan fingerprint density at radius 3 is 0.833 bits per heavy atom. The van der Waals surface area contributed by atoms with Crippen LogP contribution >= 0.6 is 14.5 Å². The molecule has 0 saturated heterocycles. The molecule has 6 heteroatoms. The minimum Gasteiger partial charge on any atom is -0.465 e. The van der Waals surface area contributed by atoms with Crippen LogP contribution in [0.5, 0.6) is 0 Å². The van der Waals surface area contributed by atoms with Crippen molar-refractivity contribution in [2.45, 2.75) is 0 Å². The van der Waals surface area contributed by atoms with Gasteiger partial charge >= 0.3 is 11.9 Å². The summed E-state index contributed by atoms with van der Waals surface area (Å²) in [5, 5.41) is 7.52. The van der Waals surface area contributed by atoms with Crippen molar-refractivity contribution in [1.82, 2.24) is 0 Å². The molecule has 4 nitrogen and oxygen atoms in total. The van der Waals surface area contributed by atoms with Crippen LogP contribution < -0.4 is 31.8 Å². The zero-order valence-corrected chi connectivity index (χ0v) is 28.9. The summed E-state index contributed by atoms with van der Waals surface area (Å²) in [6.07, 6.45) is 1.74. The summed E-state index contributed by atoms with van der Waals surface area (Å²) in [5.74, 6) is -0.697. The minimum atomic E-state index is -2.30. The van der Waals surface area contributed by atoms with Gasteiger partial charge in [0.2, 0.25) is 0 Å². The maximum Gasteiger partial charge on any atom is 0.337 e. The van der Waals surface area contributed by atoms with Crippen LogP contribution in [0.3, 0.4) is 0 Å². The first-order valence-corrected chi connectivity index (χ1v) is 19.8. The van der Waals surface area contributed by atoms with E-state index in [2.05, 4.69) is 146 Å². The molecular formula is C42H38O4P2+2. The molecule has 0 saturated carbocycles. The fourth-order valence-corrected chi connectivity index (χ4v) is 16.4. The summed E-state index contributed by atoms with van der Waals surface area (Å²) in [4.78, 5) is 25.0. The van der Waals surface area contributed by atoms with E-state index in [9.17, 15) is 9.59 Å². The number of hydrogen-bond acceptors (Lipinski definition) is 4. The molecule has 0 heterocycles. The zero-order valence-electron chi connectivity index (χ0n) is 27.1. The van der Waals surface area contributed by atoms with Gasteiger partial charge in [0.1, 0.15) is 58.7 Å². The predicted molar refractivity (Wildman–Crippen MR) is 203 cm³/mol. The fraction of sp³-hybridized carbons (Fsp3) is 0.0952. The molecule has 238 valence electrons. The van der Waals surface area contributed by atoms with Gasteiger partial charge < -0.3 is 9.47 Å². The number of benzene rings is 6. The Labute approximate surface area is 284 Å². The van der Waals surface area contributed by atoms with Crippen LogP contribution in [-0.2, 0) is 9.47 Å². The van der Waals surface area contributed by atoms with Gasteiger partial charge in [0.05, 0.1) is 25.3 Å². The lowest BCUT2D eigenvalue weighted by Crippen LogP contribution is -2.39. The Morgan fingerprint density at radius 2 is 0.604 bits per heavy atom. The molecule has 48 heavy (non-hydrogen) atoms. The monoisotopic (exact) mass is 668 g/mol. The van der Waals surface area contributed by atoms with Crippen molar-refractivity contribution < 1.29 is 19.1 Å². The van der Waals surface area contributed by atoms with Crippen LogP contribution in [0.2, 0.25) is 0 Å². The molecule has 6 aromatic rings. The van der Waals surface area contributed by atoms with E-state index in [1.165, 1.54) is 46.0 Å². The van der Waals surface area contributed by atoms with Gasteiger partial charge in [-0.05, 0) is 97.1 Å². The molecule has 0 aliphatic heterocycles. The summed E-state index contributed by atoms with van der Waals surface area (Å²) in [5.41, 5.74) is 1.06. The van der Waals surface area contributed by atoms with E-state index in [4.69, 9.17) is 9.47 Å². The van der Waals surface area contributed by atoms with Crippen molar-refractivity contribution in [3.05, 3.63) is 181 Å². The maximum absolute atomic E-state index is 12.5. The molecule has 6 aromatic carbocycles. The summed E-state index contributed by atoms with van der Waals surface area (Å²) >= 11 is 0. The zero-order chi connectivity index (χ0) is 33.4. The molecule has 0 spiro atoms. The van der Waals surface area contributed by atoms with E-state index in [0.717, 1.165) is 12.3 Å². The van der Waals surface area contributed by atoms with E-state index >= 15 is 0 Å². The van der Waals surface area contributed by atoms with Gasteiger partial charge in [0, 0.05) is 0 Å². The second-order valence-electron chi connectivity index (χ2n) is 11.5. The second kappa shape index (κ2) is 14.9. The smallest absolute Gasteiger partial charge is 0.337 e. The quantitative estimate of drug-likeness (QED) is 0.116. The van der Waals surface area contributed by atoms with Gasteiger partial charge in [-0.25, -0.2) is 9.59 Å². The number of hydrogen-bond donors (Lipinski definition) is 0. The van der Waals surface area contributed by atoms with Crippen molar-refractivity contribution in [3.8, 4) is 0 Å². The number of rotatable bonds is 11. The highest BCUT2D eigenvalue weighted by atomic mass is 31.2. The largest absolute Gasteiger partial charge is 0.465 e. The highest BCUT2D eigenvalue weighted by molar-refractivity contribution is 7.99. The first-order chi connectivity index (χ1) is 23.5. The average Bonchev–Trinajstić information content (AvgIpc) is 3.18. The summed E-state index contributed by atoms with van der Waals surface area (Å²) in [6.45, 7) is 0. The lowest BCUT2D eigenvalue weighted by molar-refractivity contribution is 0.0592. The van der Waals surface area contributed by atoms with Gasteiger partial charge in [-0.3, -0.25) is 0 Å². The van der Waals surface area contributed by atoms with E-state index in [1.807, 2.05) is 24.3 Å². The molecule has 0 atom stereocenters. The molecule has 0 aromatic heterocycles. The van der Waals surface area contributed by atoms with Crippen LogP contribution in [0, 0.1) is 0 Å². The van der Waals surface area contributed by atoms with Crippen LogP contribution in [0.15, 0.2) is 170 Å². The molecule has 0 unspecified atom stereocenters. The number of methoxy groups -OCH3 is 2. The molecule has 0 aliphatic carbocycles. The van der Waals surface area contributed by atoms with Gasteiger partial charge in [-0.2, -0.15) is 0 Å². The lowest BCUT2D eigenvalue weighted by atomic mass is 10.2. The normalized spacial score (nSPS) is 11.5. The maximum atomic E-state index is 12.5. The number of ether oxygens (including phenoxy) is 2. The van der Waals surface area contributed by atoms with Crippen LogP contribution in [0.4, 0.5) is 0 Å². The predicted octanol–water partition coefficient (Wildman–Crippen LogP) is 6.55.